The highest BCUT2D eigenvalue weighted by molar-refractivity contribution is 5.82. The first-order chi connectivity index (χ1) is 25.7. The average molecular weight is 724 g/mol. The van der Waals surface area contributed by atoms with Crippen molar-refractivity contribution in [1.29, 1.82) is 0 Å². The van der Waals surface area contributed by atoms with Crippen molar-refractivity contribution in [1.82, 2.24) is 14.7 Å². The van der Waals surface area contributed by atoms with E-state index in [2.05, 4.69) is 83.6 Å². The van der Waals surface area contributed by atoms with Crippen molar-refractivity contribution < 1.29 is 28.5 Å². The Morgan fingerprint density at radius 2 is 1.42 bits per heavy atom. The first kappa shape index (κ1) is 38.7. The van der Waals surface area contributed by atoms with Crippen LogP contribution in [0.5, 0.6) is 5.75 Å². The molecule has 0 N–H and O–H groups in total. The number of hydrogen-bond acceptors (Lipinski definition) is 8. The summed E-state index contributed by atoms with van der Waals surface area (Å²) in [5.41, 5.74) is 2.74. The van der Waals surface area contributed by atoms with Crippen LogP contribution in [0.4, 0.5) is 4.79 Å². The molecule has 4 aromatic carbocycles. The molecule has 1 amide bonds. The lowest BCUT2D eigenvalue weighted by Gasteiger charge is -2.44. The Hall–Kier alpha value is -3.99. The van der Waals surface area contributed by atoms with Crippen LogP contribution in [0.15, 0.2) is 97.1 Å². The summed E-state index contributed by atoms with van der Waals surface area (Å²) in [6.45, 7) is 14.3. The second kappa shape index (κ2) is 18.9. The van der Waals surface area contributed by atoms with Crippen LogP contribution in [0.3, 0.4) is 0 Å². The van der Waals surface area contributed by atoms with Crippen LogP contribution in [0.2, 0.25) is 0 Å². The summed E-state index contributed by atoms with van der Waals surface area (Å²) in [6, 6.07) is 33.3. The minimum atomic E-state index is -0.614. The van der Waals surface area contributed by atoms with E-state index >= 15 is 0 Å². The Morgan fingerprint density at radius 1 is 0.717 bits per heavy atom. The van der Waals surface area contributed by atoms with Crippen molar-refractivity contribution >= 4 is 16.9 Å². The summed E-state index contributed by atoms with van der Waals surface area (Å²) in [7, 11) is 2.17. The minimum absolute atomic E-state index is 0.109. The number of carbonyl (C=O) groups excluding carboxylic acids is 1. The fraction of sp³-hybridized carbons (Fsp3) is 0.477. The lowest BCUT2D eigenvalue weighted by Crippen LogP contribution is -2.55. The molecule has 0 saturated carbocycles. The molecule has 0 aromatic heterocycles. The van der Waals surface area contributed by atoms with Gasteiger partial charge in [0.25, 0.3) is 0 Å². The predicted molar refractivity (Wildman–Crippen MR) is 209 cm³/mol. The van der Waals surface area contributed by atoms with Crippen LogP contribution in [0, 0.1) is 0 Å². The van der Waals surface area contributed by atoms with Gasteiger partial charge in [-0.2, -0.15) is 0 Å². The van der Waals surface area contributed by atoms with Crippen molar-refractivity contribution in [3.05, 3.63) is 114 Å². The molecule has 53 heavy (non-hydrogen) atoms. The van der Waals surface area contributed by atoms with Crippen LogP contribution < -0.4 is 4.74 Å². The van der Waals surface area contributed by atoms with Gasteiger partial charge in [-0.05, 0) is 73.5 Å². The number of piperazine rings is 1. The van der Waals surface area contributed by atoms with Crippen molar-refractivity contribution in [2.24, 2.45) is 0 Å². The summed E-state index contributed by atoms with van der Waals surface area (Å²) >= 11 is 0. The van der Waals surface area contributed by atoms with E-state index in [0.29, 0.717) is 46.1 Å². The fourth-order valence-corrected chi connectivity index (χ4v) is 7.03. The van der Waals surface area contributed by atoms with Gasteiger partial charge in [0.1, 0.15) is 11.4 Å². The van der Waals surface area contributed by atoms with Gasteiger partial charge in [-0.3, -0.25) is 4.90 Å². The number of rotatable bonds is 15. The number of likely N-dealkylation sites (tertiary alicyclic amines) is 1. The number of piperidine rings is 1. The molecule has 9 heteroatoms. The molecule has 0 spiro atoms. The Labute approximate surface area is 315 Å². The van der Waals surface area contributed by atoms with E-state index < -0.39 is 5.60 Å². The van der Waals surface area contributed by atoms with E-state index in [1.54, 1.807) is 4.90 Å². The van der Waals surface area contributed by atoms with Gasteiger partial charge in [0, 0.05) is 45.1 Å². The number of amides is 1. The zero-order chi connectivity index (χ0) is 37.0. The molecule has 0 aliphatic carbocycles. The summed E-state index contributed by atoms with van der Waals surface area (Å²) in [5.74, 6) is 0.700. The van der Waals surface area contributed by atoms with Crippen LogP contribution in [0.1, 0.15) is 49.8 Å². The zero-order valence-corrected chi connectivity index (χ0v) is 32.0. The quantitative estimate of drug-likeness (QED) is 0.118. The van der Waals surface area contributed by atoms with Crippen molar-refractivity contribution in [2.45, 2.75) is 64.1 Å². The van der Waals surface area contributed by atoms with Gasteiger partial charge in [-0.1, -0.05) is 78.9 Å². The van der Waals surface area contributed by atoms with E-state index in [9.17, 15) is 4.79 Å². The molecule has 2 aliphatic heterocycles. The summed E-state index contributed by atoms with van der Waals surface area (Å²) in [6.07, 6.45) is -0.172. The maximum Gasteiger partial charge on any atom is 0.410 e. The van der Waals surface area contributed by atoms with Gasteiger partial charge in [0.2, 0.25) is 0 Å². The fourth-order valence-electron chi connectivity index (χ4n) is 7.03. The van der Waals surface area contributed by atoms with Gasteiger partial charge in [0.15, 0.2) is 0 Å². The SMILES string of the molecule is CN1CCN(CCOC2CN(C(=O)OC(C)(C)C)CC(OCc3ccc4ccccc4c3)C2c2ccc(OCCCOCc3ccccc3)cc2)CC1. The molecule has 3 atom stereocenters. The van der Waals surface area contributed by atoms with Crippen molar-refractivity contribution in [3.63, 3.8) is 0 Å². The predicted octanol–water partition coefficient (Wildman–Crippen LogP) is 7.38. The summed E-state index contributed by atoms with van der Waals surface area (Å²) < 4.78 is 31.4. The number of benzene rings is 4. The summed E-state index contributed by atoms with van der Waals surface area (Å²) in [5, 5.41) is 2.37. The number of hydrogen-bond donors (Lipinski definition) is 0. The van der Waals surface area contributed by atoms with Gasteiger partial charge in [-0.15, -0.1) is 0 Å². The largest absolute Gasteiger partial charge is 0.494 e. The average Bonchev–Trinajstić information content (AvgIpc) is 3.16. The Kier molecular flexibility index (Phi) is 13.8. The lowest BCUT2D eigenvalue weighted by molar-refractivity contribution is -0.0983. The highest BCUT2D eigenvalue weighted by atomic mass is 16.6. The van der Waals surface area contributed by atoms with E-state index in [1.807, 2.05) is 51.1 Å². The lowest BCUT2D eigenvalue weighted by atomic mass is 9.84. The second-order valence-electron chi connectivity index (χ2n) is 15.3. The number of fused-ring (bicyclic) bond motifs is 1. The van der Waals surface area contributed by atoms with Gasteiger partial charge >= 0.3 is 6.09 Å². The summed E-state index contributed by atoms with van der Waals surface area (Å²) in [4.78, 5) is 20.1. The zero-order valence-electron chi connectivity index (χ0n) is 32.0. The Bertz CT molecular complexity index is 1700. The van der Waals surface area contributed by atoms with Crippen LogP contribution in [-0.2, 0) is 32.2 Å². The van der Waals surface area contributed by atoms with E-state index in [-0.39, 0.29) is 24.2 Å². The maximum absolute atomic E-state index is 13.6. The topological polar surface area (TPSA) is 72.9 Å². The molecule has 284 valence electrons. The standard InChI is InChI=1S/C44H57N3O6/c1-44(2,3)53-43(48)47-30-40(51-28-25-46-23-21-45(4)22-24-46)42(41(31-47)52-33-35-15-16-36-13-8-9-14-38(36)29-35)37-17-19-39(20-18-37)50-27-10-26-49-32-34-11-6-5-7-12-34/h5-9,11-20,29,40-42H,10,21-28,30-33H2,1-4H3. The third-order valence-corrected chi connectivity index (χ3v) is 9.95. The van der Waals surface area contributed by atoms with Gasteiger partial charge < -0.3 is 33.5 Å². The molecule has 2 aliphatic rings. The van der Waals surface area contributed by atoms with Crippen molar-refractivity contribution in [2.75, 3.05) is 72.7 Å². The molecular formula is C44H57N3O6. The van der Waals surface area contributed by atoms with Gasteiger partial charge in [-0.25, -0.2) is 4.79 Å². The molecule has 2 heterocycles. The maximum atomic E-state index is 13.6. The van der Waals surface area contributed by atoms with Crippen LogP contribution in [-0.4, -0.2) is 111 Å². The first-order valence-corrected chi connectivity index (χ1v) is 19.1. The molecule has 3 unspecified atom stereocenters. The monoisotopic (exact) mass is 723 g/mol. The molecule has 4 aromatic rings. The first-order valence-electron chi connectivity index (χ1n) is 19.1. The Morgan fingerprint density at radius 3 is 2.15 bits per heavy atom. The number of nitrogens with zero attached hydrogens (tertiary/aromatic N) is 3. The molecule has 2 fully saturated rings. The number of ether oxygens (including phenoxy) is 5. The molecular weight excluding hydrogens is 666 g/mol. The molecule has 0 radical (unpaired) electrons. The molecule has 2 saturated heterocycles. The van der Waals surface area contributed by atoms with E-state index in [1.165, 1.54) is 16.3 Å². The molecule has 9 nitrogen and oxygen atoms in total. The third kappa shape index (κ3) is 11.7. The highest BCUT2D eigenvalue weighted by Gasteiger charge is 2.42. The Balaban J connectivity index is 1.16. The van der Waals surface area contributed by atoms with Gasteiger partial charge in [0.05, 0.1) is 58.3 Å². The number of likely N-dealkylation sites (N-methyl/N-ethyl adjacent to an activating group) is 1. The smallest absolute Gasteiger partial charge is 0.410 e. The van der Waals surface area contributed by atoms with Crippen LogP contribution in [0.25, 0.3) is 10.8 Å². The van der Waals surface area contributed by atoms with E-state index in [0.717, 1.165) is 56.0 Å². The molecule has 0 bridgehead atoms. The van der Waals surface area contributed by atoms with E-state index in [4.69, 9.17) is 23.7 Å². The molecule has 6 rings (SSSR count). The number of carbonyl (C=O) groups is 1. The minimum Gasteiger partial charge on any atom is -0.494 e. The normalized spacial score (nSPS) is 20.1. The second-order valence-corrected chi connectivity index (χ2v) is 15.3. The van der Waals surface area contributed by atoms with Crippen LogP contribution >= 0.6 is 0 Å². The highest BCUT2D eigenvalue weighted by Crippen LogP contribution is 2.35. The third-order valence-electron chi connectivity index (χ3n) is 9.95. The van der Waals surface area contributed by atoms with Crippen molar-refractivity contribution in [3.8, 4) is 5.75 Å².